The maximum absolute atomic E-state index is 11.8. The van der Waals surface area contributed by atoms with Gasteiger partial charge in [-0.3, -0.25) is 4.79 Å². The topological polar surface area (TPSA) is 69.4 Å². The normalized spacial score (nSPS) is 14.6. The highest BCUT2D eigenvalue weighted by Crippen LogP contribution is 2.20. The molecule has 5 nitrogen and oxygen atoms in total. The largest absolute Gasteiger partial charge is 0.478 e. The molecule has 1 aliphatic heterocycles. The number of hydrogen-bond acceptors (Lipinski definition) is 2. The highest BCUT2D eigenvalue weighted by atomic mass is 35.5. The molecule has 3 rings (SSSR count). The van der Waals surface area contributed by atoms with Crippen LogP contribution in [-0.4, -0.2) is 27.4 Å². The van der Waals surface area contributed by atoms with Crippen LogP contribution in [-0.2, 0) is 4.79 Å². The third kappa shape index (κ3) is 3.24. The van der Waals surface area contributed by atoms with Gasteiger partial charge >= 0.3 is 5.97 Å². The van der Waals surface area contributed by atoms with Gasteiger partial charge in [-0.1, -0.05) is 22.4 Å². The maximum atomic E-state index is 11.8. The molecule has 1 aliphatic rings. The number of hydrogen-bond donors (Lipinski definition) is 2. The van der Waals surface area contributed by atoms with Crippen molar-refractivity contribution in [3.8, 4) is 0 Å². The lowest BCUT2D eigenvalue weighted by molar-refractivity contribution is -0.496. The van der Waals surface area contributed by atoms with E-state index < -0.39 is 5.97 Å². The first kappa shape index (κ1) is 15.2. The molecule has 0 spiro atoms. The molecule has 0 saturated heterocycles. The van der Waals surface area contributed by atoms with Gasteiger partial charge in [0.1, 0.15) is 0 Å². The molecular formula is C17H14ClN2O3+. The average molecular weight is 330 g/mol. The van der Waals surface area contributed by atoms with Gasteiger partial charge in [-0.25, -0.2) is 4.79 Å². The fourth-order valence-corrected chi connectivity index (χ4v) is 2.63. The molecule has 0 bridgehead atoms. The summed E-state index contributed by atoms with van der Waals surface area (Å²) >= 11 is 5.92. The zero-order valence-electron chi connectivity index (χ0n) is 12.1. The summed E-state index contributed by atoms with van der Waals surface area (Å²) < 4.78 is 1.64. The van der Waals surface area contributed by atoms with E-state index >= 15 is 0 Å². The van der Waals surface area contributed by atoms with E-state index in [1.807, 2.05) is 12.1 Å². The van der Waals surface area contributed by atoms with Crippen molar-refractivity contribution in [1.29, 1.82) is 0 Å². The van der Waals surface area contributed by atoms with Crippen LogP contribution in [0, 0.1) is 0 Å². The number of carboxylic acids is 1. The summed E-state index contributed by atoms with van der Waals surface area (Å²) in [4.78, 5) is 23.0. The third-order valence-electron chi connectivity index (χ3n) is 3.62. The number of rotatable bonds is 3. The number of benzene rings is 2. The molecule has 0 atom stereocenters. The lowest BCUT2D eigenvalue weighted by Crippen LogP contribution is -2.40. The van der Waals surface area contributed by atoms with Crippen molar-refractivity contribution in [3.05, 3.63) is 64.7 Å². The smallest absolute Gasteiger partial charge is 0.335 e. The number of carbonyl (C=O) groups excluding carboxylic acids is 1. The Kier molecular flexibility index (Phi) is 4.12. The molecule has 2 N–H and O–H groups in total. The predicted octanol–water partition coefficient (Wildman–Crippen LogP) is 3.00. The molecular weight excluding hydrogens is 316 g/mol. The van der Waals surface area contributed by atoms with Crippen LogP contribution in [0.4, 0.5) is 5.69 Å². The van der Waals surface area contributed by atoms with E-state index in [2.05, 4.69) is 5.43 Å². The van der Waals surface area contributed by atoms with E-state index in [1.165, 1.54) is 12.1 Å². The van der Waals surface area contributed by atoms with Crippen molar-refractivity contribution in [1.82, 2.24) is 5.43 Å². The SMILES string of the molecule is O=C1CCC(c2ccc(Cl)cc2)=[N+](c2cccc(C(=O)O)c2)N1. The Morgan fingerprint density at radius 3 is 2.57 bits per heavy atom. The van der Waals surface area contributed by atoms with Crippen LogP contribution in [0.25, 0.3) is 0 Å². The molecule has 116 valence electrons. The summed E-state index contributed by atoms with van der Waals surface area (Å²) in [7, 11) is 0. The van der Waals surface area contributed by atoms with Gasteiger partial charge in [-0.2, -0.15) is 0 Å². The van der Waals surface area contributed by atoms with Gasteiger partial charge in [0.2, 0.25) is 11.4 Å². The molecule has 1 heterocycles. The molecule has 0 aliphatic carbocycles. The van der Waals surface area contributed by atoms with E-state index in [0.717, 1.165) is 11.3 Å². The Balaban J connectivity index is 2.13. The first-order valence-electron chi connectivity index (χ1n) is 7.09. The van der Waals surface area contributed by atoms with Crippen molar-refractivity contribution in [3.63, 3.8) is 0 Å². The summed E-state index contributed by atoms with van der Waals surface area (Å²) in [5.74, 6) is -1.12. The van der Waals surface area contributed by atoms with Crippen LogP contribution in [0.5, 0.6) is 0 Å². The standard InChI is InChI=1S/C17H13ClN2O3/c18-13-6-4-11(5-7-13)15-8-9-16(21)19-20(15)14-3-1-2-12(10-14)17(22)23/h1-7,10H,8-9H2,(H-,19,21,22,23)/p+1. The Morgan fingerprint density at radius 2 is 1.87 bits per heavy atom. The van der Waals surface area contributed by atoms with Gasteiger partial charge < -0.3 is 5.11 Å². The van der Waals surface area contributed by atoms with Crippen LogP contribution in [0.3, 0.4) is 0 Å². The summed E-state index contributed by atoms with van der Waals surface area (Å²) in [6.45, 7) is 0. The molecule has 0 radical (unpaired) electrons. The van der Waals surface area contributed by atoms with Gasteiger partial charge in [-0.05, 0) is 30.3 Å². The zero-order valence-corrected chi connectivity index (χ0v) is 12.9. The Bertz CT molecular complexity index is 813. The van der Waals surface area contributed by atoms with E-state index in [9.17, 15) is 9.59 Å². The summed E-state index contributed by atoms with van der Waals surface area (Å²) in [5.41, 5.74) is 5.38. The minimum absolute atomic E-state index is 0.108. The number of carboxylic acid groups (broad SMARTS) is 1. The Hall–Kier alpha value is -2.66. The van der Waals surface area contributed by atoms with Crippen molar-refractivity contribution < 1.29 is 19.4 Å². The molecule has 0 saturated carbocycles. The number of halogens is 1. The highest BCUT2D eigenvalue weighted by Gasteiger charge is 2.28. The Labute approximate surface area is 137 Å². The number of nitrogens with zero attached hydrogens (tertiary/aromatic N) is 1. The van der Waals surface area contributed by atoms with Crippen LogP contribution in [0.15, 0.2) is 48.5 Å². The van der Waals surface area contributed by atoms with E-state index in [1.54, 1.807) is 28.9 Å². The quantitative estimate of drug-likeness (QED) is 0.850. The fourth-order valence-electron chi connectivity index (χ4n) is 2.51. The predicted molar refractivity (Wildman–Crippen MR) is 86.3 cm³/mol. The number of amides is 1. The highest BCUT2D eigenvalue weighted by molar-refractivity contribution is 6.30. The monoisotopic (exact) mass is 329 g/mol. The summed E-state index contributed by atoms with van der Waals surface area (Å²) in [5, 5.41) is 9.78. The maximum Gasteiger partial charge on any atom is 0.335 e. The second kappa shape index (κ2) is 6.22. The molecule has 2 aromatic rings. The van der Waals surface area contributed by atoms with Crippen molar-refractivity contribution in [2.45, 2.75) is 12.8 Å². The van der Waals surface area contributed by atoms with Crippen LogP contribution in [0.1, 0.15) is 28.8 Å². The summed E-state index contributed by atoms with van der Waals surface area (Å²) in [6, 6.07) is 13.8. The minimum Gasteiger partial charge on any atom is -0.478 e. The van der Waals surface area contributed by atoms with E-state index in [0.29, 0.717) is 23.6 Å². The zero-order chi connectivity index (χ0) is 16.4. The number of aromatic carboxylic acids is 1. The molecule has 0 aromatic heterocycles. The van der Waals surface area contributed by atoms with Crippen molar-refractivity contribution >= 4 is 34.9 Å². The third-order valence-corrected chi connectivity index (χ3v) is 3.88. The number of carbonyl (C=O) groups is 2. The lowest BCUT2D eigenvalue weighted by Gasteiger charge is -2.14. The van der Waals surface area contributed by atoms with Crippen LogP contribution < -0.4 is 5.43 Å². The molecule has 6 heteroatoms. The number of hydrazone groups is 1. The minimum atomic E-state index is -1.01. The van der Waals surface area contributed by atoms with E-state index in [-0.39, 0.29) is 11.5 Å². The fraction of sp³-hybridized carbons (Fsp3) is 0.118. The van der Waals surface area contributed by atoms with Crippen molar-refractivity contribution in [2.75, 3.05) is 0 Å². The first-order valence-corrected chi connectivity index (χ1v) is 7.47. The second-order valence-electron chi connectivity index (χ2n) is 5.18. The lowest BCUT2D eigenvalue weighted by atomic mass is 10.0. The van der Waals surface area contributed by atoms with Gasteiger partial charge in [0.15, 0.2) is 0 Å². The van der Waals surface area contributed by atoms with Crippen molar-refractivity contribution in [2.24, 2.45) is 0 Å². The first-order chi connectivity index (χ1) is 11.0. The molecule has 0 fully saturated rings. The molecule has 23 heavy (non-hydrogen) atoms. The van der Waals surface area contributed by atoms with E-state index in [4.69, 9.17) is 16.7 Å². The Morgan fingerprint density at radius 1 is 1.13 bits per heavy atom. The molecule has 0 unspecified atom stereocenters. The summed E-state index contributed by atoms with van der Waals surface area (Å²) in [6.07, 6.45) is 0.942. The van der Waals surface area contributed by atoms with Gasteiger partial charge in [0, 0.05) is 35.6 Å². The molecule has 2 aromatic carbocycles. The van der Waals surface area contributed by atoms with Gasteiger partial charge in [-0.15, -0.1) is 5.43 Å². The van der Waals surface area contributed by atoms with Gasteiger partial charge in [0.25, 0.3) is 5.91 Å². The average Bonchev–Trinajstić information content (AvgIpc) is 2.56. The van der Waals surface area contributed by atoms with Crippen LogP contribution in [0.2, 0.25) is 5.02 Å². The second-order valence-corrected chi connectivity index (χ2v) is 5.62. The van der Waals surface area contributed by atoms with Crippen LogP contribution >= 0.6 is 11.6 Å². The number of nitrogens with one attached hydrogen (secondary N) is 1. The van der Waals surface area contributed by atoms with Gasteiger partial charge in [0.05, 0.1) is 5.56 Å². The number of hydrazine groups is 1. The molecule has 1 amide bonds.